The highest BCUT2D eigenvalue weighted by atomic mass is 32.2. The molecule has 2 aromatic carbocycles. The van der Waals surface area contributed by atoms with E-state index in [1.54, 1.807) is 18.2 Å². The SMILES string of the molecule is NS(=O)(=O)c1ccc(CS(=O)(=O)c2ccccc2)cc1. The summed E-state index contributed by atoms with van der Waals surface area (Å²) >= 11 is 0. The van der Waals surface area contributed by atoms with Crippen molar-refractivity contribution < 1.29 is 16.8 Å². The summed E-state index contributed by atoms with van der Waals surface area (Å²) in [6.45, 7) is 0. The molecule has 0 heterocycles. The van der Waals surface area contributed by atoms with Crippen LogP contribution in [0.15, 0.2) is 64.4 Å². The van der Waals surface area contributed by atoms with Crippen molar-refractivity contribution in [3.05, 3.63) is 60.2 Å². The number of primary sulfonamides is 1. The molecule has 0 aliphatic heterocycles. The quantitative estimate of drug-likeness (QED) is 0.921. The highest BCUT2D eigenvalue weighted by Gasteiger charge is 2.15. The molecule has 0 radical (unpaired) electrons. The molecule has 20 heavy (non-hydrogen) atoms. The Hall–Kier alpha value is -1.70. The second-order valence-corrected chi connectivity index (χ2v) is 7.81. The summed E-state index contributed by atoms with van der Waals surface area (Å²) in [6.07, 6.45) is 0. The number of nitrogens with two attached hydrogens (primary N) is 1. The van der Waals surface area contributed by atoms with Crippen molar-refractivity contribution in [1.82, 2.24) is 0 Å². The summed E-state index contributed by atoms with van der Waals surface area (Å²) in [7, 11) is -7.21. The Bertz CT molecular complexity index is 795. The van der Waals surface area contributed by atoms with Gasteiger partial charge < -0.3 is 0 Å². The molecule has 0 spiro atoms. The van der Waals surface area contributed by atoms with Gasteiger partial charge in [0.2, 0.25) is 10.0 Å². The van der Waals surface area contributed by atoms with E-state index in [-0.39, 0.29) is 15.5 Å². The highest BCUT2D eigenvalue weighted by molar-refractivity contribution is 7.90. The molecule has 0 aliphatic carbocycles. The first-order chi connectivity index (χ1) is 9.29. The van der Waals surface area contributed by atoms with E-state index in [1.807, 2.05) is 0 Å². The van der Waals surface area contributed by atoms with Crippen molar-refractivity contribution >= 4 is 19.9 Å². The van der Waals surface area contributed by atoms with Crippen LogP contribution in [0, 0.1) is 0 Å². The maximum Gasteiger partial charge on any atom is 0.238 e. The van der Waals surface area contributed by atoms with E-state index >= 15 is 0 Å². The molecule has 0 aliphatic rings. The number of hydrogen-bond donors (Lipinski definition) is 1. The molecule has 7 heteroatoms. The number of sulfone groups is 1. The summed E-state index contributed by atoms with van der Waals surface area (Å²) in [5.41, 5.74) is 0.501. The fraction of sp³-hybridized carbons (Fsp3) is 0.0769. The molecule has 0 unspecified atom stereocenters. The van der Waals surface area contributed by atoms with Gasteiger partial charge >= 0.3 is 0 Å². The second kappa shape index (κ2) is 5.35. The van der Waals surface area contributed by atoms with E-state index in [4.69, 9.17) is 5.14 Å². The van der Waals surface area contributed by atoms with Gasteiger partial charge in [0.05, 0.1) is 15.5 Å². The van der Waals surface area contributed by atoms with Crippen LogP contribution in [0.1, 0.15) is 5.56 Å². The summed E-state index contributed by atoms with van der Waals surface area (Å²) in [4.78, 5) is 0.189. The van der Waals surface area contributed by atoms with Crippen LogP contribution in [0.2, 0.25) is 0 Å². The standard InChI is InChI=1S/C13H13NO4S2/c14-20(17,18)13-8-6-11(7-9-13)10-19(15,16)12-4-2-1-3-5-12/h1-9H,10H2,(H2,14,17,18). The lowest BCUT2D eigenvalue weighted by atomic mass is 10.2. The average molecular weight is 311 g/mol. The summed E-state index contributed by atoms with van der Waals surface area (Å²) in [6, 6.07) is 13.6. The highest BCUT2D eigenvalue weighted by Crippen LogP contribution is 2.17. The predicted molar refractivity (Wildman–Crippen MR) is 75.1 cm³/mol. The van der Waals surface area contributed by atoms with Crippen molar-refractivity contribution in [3.8, 4) is 0 Å². The fourth-order valence-corrected chi connectivity index (χ4v) is 3.59. The molecular weight excluding hydrogens is 298 g/mol. The molecule has 2 aromatic rings. The monoisotopic (exact) mass is 311 g/mol. The molecule has 0 fully saturated rings. The van der Waals surface area contributed by atoms with Crippen molar-refractivity contribution in [1.29, 1.82) is 0 Å². The van der Waals surface area contributed by atoms with Crippen LogP contribution in [-0.4, -0.2) is 16.8 Å². The molecule has 0 aromatic heterocycles. The molecule has 0 saturated carbocycles. The van der Waals surface area contributed by atoms with Gasteiger partial charge in [-0.15, -0.1) is 0 Å². The zero-order chi connectivity index (χ0) is 14.8. The first-order valence-corrected chi connectivity index (χ1v) is 8.88. The van der Waals surface area contributed by atoms with Crippen LogP contribution in [0.25, 0.3) is 0 Å². The van der Waals surface area contributed by atoms with Crippen LogP contribution in [-0.2, 0) is 25.6 Å². The minimum Gasteiger partial charge on any atom is -0.225 e. The molecular formula is C13H13NO4S2. The molecule has 5 nitrogen and oxygen atoms in total. The summed E-state index contributed by atoms with van der Waals surface area (Å²) in [5, 5.41) is 4.98. The maximum absolute atomic E-state index is 12.1. The Morgan fingerprint density at radius 1 is 0.750 bits per heavy atom. The van der Waals surface area contributed by atoms with Crippen LogP contribution >= 0.6 is 0 Å². The smallest absolute Gasteiger partial charge is 0.225 e. The first-order valence-electron chi connectivity index (χ1n) is 5.68. The van der Waals surface area contributed by atoms with Crippen molar-refractivity contribution in [2.45, 2.75) is 15.5 Å². The summed E-state index contributed by atoms with van der Waals surface area (Å²) < 4.78 is 46.5. The molecule has 0 bridgehead atoms. The first kappa shape index (κ1) is 14.7. The Balaban J connectivity index is 2.27. The van der Waals surface area contributed by atoms with Gasteiger partial charge in [-0.2, -0.15) is 0 Å². The lowest BCUT2D eigenvalue weighted by Crippen LogP contribution is -2.12. The molecule has 0 saturated heterocycles. The van der Waals surface area contributed by atoms with Crippen molar-refractivity contribution in [3.63, 3.8) is 0 Å². The van der Waals surface area contributed by atoms with Crippen molar-refractivity contribution in [2.75, 3.05) is 0 Å². The molecule has 2 N–H and O–H groups in total. The zero-order valence-electron chi connectivity index (χ0n) is 10.4. The van der Waals surface area contributed by atoms with E-state index in [9.17, 15) is 16.8 Å². The minimum absolute atomic E-state index is 0.0432. The van der Waals surface area contributed by atoms with Gasteiger partial charge in [0.15, 0.2) is 9.84 Å². The Kier molecular flexibility index (Phi) is 3.94. The molecule has 0 amide bonds. The maximum atomic E-state index is 12.1. The predicted octanol–water partition coefficient (Wildman–Crippen LogP) is 1.31. The van der Waals surface area contributed by atoms with Gasteiger partial charge in [0.1, 0.15) is 0 Å². The third kappa shape index (κ3) is 3.44. The number of rotatable bonds is 4. The topological polar surface area (TPSA) is 94.3 Å². The van der Waals surface area contributed by atoms with Crippen molar-refractivity contribution in [2.24, 2.45) is 5.14 Å². The third-order valence-corrected chi connectivity index (χ3v) is 5.34. The summed E-state index contributed by atoms with van der Waals surface area (Å²) in [5.74, 6) is -0.193. The van der Waals surface area contributed by atoms with E-state index in [1.165, 1.54) is 36.4 Å². The van der Waals surface area contributed by atoms with E-state index in [0.717, 1.165) is 0 Å². The lowest BCUT2D eigenvalue weighted by Gasteiger charge is -2.05. The van der Waals surface area contributed by atoms with Gasteiger partial charge in [-0.25, -0.2) is 22.0 Å². The van der Waals surface area contributed by atoms with E-state index < -0.39 is 19.9 Å². The van der Waals surface area contributed by atoms with Gasteiger partial charge in [-0.1, -0.05) is 30.3 Å². The minimum atomic E-state index is -3.76. The second-order valence-electron chi connectivity index (χ2n) is 4.26. The molecule has 2 rings (SSSR count). The number of benzene rings is 2. The Morgan fingerprint density at radius 3 is 1.80 bits per heavy atom. The van der Waals surface area contributed by atoms with E-state index in [2.05, 4.69) is 0 Å². The van der Waals surface area contributed by atoms with Gasteiger partial charge in [0, 0.05) is 0 Å². The van der Waals surface area contributed by atoms with Gasteiger partial charge in [-0.05, 0) is 29.8 Å². The van der Waals surface area contributed by atoms with Crippen LogP contribution in [0.3, 0.4) is 0 Å². The largest absolute Gasteiger partial charge is 0.238 e. The van der Waals surface area contributed by atoms with E-state index in [0.29, 0.717) is 5.56 Å². The Morgan fingerprint density at radius 2 is 1.30 bits per heavy atom. The molecule has 0 atom stereocenters. The zero-order valence-corrected chi connectivity index (χ0v) is 12.1. The Labute approximate surface area is 118 Å². The fourth-order valence-electron chi connectivity index (χ4n) is 1.71. The van der Waals surface area contributed by atoms with Crippen LogP contribution in [0.5, 0.6) is 0 Å². The van der Waals surface area contributed by atoms with Crippen LogP contribution < -0.4 is 5.14 Å². The molecule has 106 valence electrons. The normalized spacial score (nSPS) is 12.2. The average Bonchev–Trinajstić information content (AvgIpc) is 2.39. The van der Waals surface area contributed by atoms with Gasteiger partial charge in [-0.3, -0.25) is 0 Å². The number of sulfonamides is 1. The van der Waals surface area contributed by atoms with Crippen LogP contribution in [0.4, 0.5) is 0 Å². The lowest BCUT2D eigenvalue weighted by molar-refractivity contribution is 0.595. The third-order valence-electron chi connectivity index (χ3n) is 2.71. The number of hydrogen-bond acceptors (Lipinski definition) is 4. The van der Waals surface area contributed by atoms with Gasteiger partial charge in [0.25, 0.3) is 0 Å².